The Morgan fingerprint density at radius 3 is 2.71 bits per heavy atom. The van der Waals surface area contributed by atoms with E-state index in [0.29, 0.717) is 24.5 Å². The van der Waals surface area contributed by atoms with Crippen LogP contribution < -0.4 is 15.4 Å². The summed E-state index contributed by atoms with van der Waals surface area (Å²) in [5, 5.41) is 6.07. The minimum Gasteiger partial charge on any atom is -0.463 e. The van der Waals surface area contributed by atoms with Crippen molar-refractivity contribution in [2.75, 3.05) is 30.8 Å². The lowest BCUT2D eigenvalue weighted by Crippen LogP contribution is -2.11. The van der Waals surface area contributed by atoms with E-state index < -0.39 is 0 Å². The first-order chi connectivity index (χ1) is 10.2. The molecule has 0 bridgehead atoms. The minimum absolute atomic E-state index is 0.331. The molecule has 2 aromatic heterocycles. The van der Waals surface area contributed by atoms with Crippen molar-refractivity contribution >= 4 is 34.8 Å². The Morgan fingerprint density at radius 1 is 1.24 bits per heavy atom. The van der Waals surface area contributed by atoms with Crippen molar-refractivity contribution in [3.05, 3.63) is 21.3 Å². The highest BCUT2D eigenvalue weighted by atomic mass is 35.5. The van der Waals surface area contributed by atoms with Crippen molar-refractivity contribution < 1.29 is 4.74 Å². The maximum atomic E-state index is 5.91. The number of anilines is 2. The number of hydrogen-bond acceptors (Lipinski definition) is 7. The maximum Gasteiger partial charge on any atom is 0.323 e. The zero-order valence-corrected chi connectivity index (χ0v) is 13.6. The third-order valence-corrected chi connectivity index (χ3v) is 3.85. The lowest BCUT2D eigenvalue weighted by molar-refractivity contribution is 0.292. The third-order valence-electron chi connectivity index (χ3n) is 2.56. The number of rotatable bonds is 8. The van der Waals surface area contributed by atoms with Crippen LogP contribution in [0.2, 0.25) is 4.34 Å². The van der Waals surface area contributed by atoms with Crippen LogP contribution in [0.15, 0.2) is 12.1 Å². The summed E-state index contributed by atoms with van der Waals surface area (Å²) < 4.78 is 6.25. The molecule has 2 rings (SSSR count). The Hall–Kier alpha value is -1.60. The van der Waals surface area contributed by atoms with Crippen molar-refractivity contribution in [3.63, 3.8) is 0 Å². The first kappa shape index (κ1) is 15.8. The van der Waals surface area contributed by atoms with Gasteiger partial charge in [-0.2, -0.15) is 15.0 Å². The topological polar surface area (TPSA) is 72.0 Å². The second-order valence-electron chi connectivity index (χ2n) is 4.25. The molecule has 2 aromatic rings. The summed E-state index contributed by atoms with van der Waals surface area (Å²) in [6.45, 7) is 3.34. The molecule has 0 amide bonds. The number of thiophene rings is 1. The largest absolute Gasteiger partial charge is 0.463 e. The zero-order valence-electron chi connectivity index (χ0n) is 12.0. The van der Waals surface area contributed by atoms with E-state index in [9.17, 15) is 0 Å². The lowest BCUT2D eigenvalue weighted by Gasteiger charge is -2.08. The van der Waals surface area contributed by atoms with Crippen LogP contribution in [0.4, 0.5) is 11.9 Å². The van der Waals surface area contributed by atoms with Gasteiger partial charge in [0, 0.05) is 18.5 Å². The van der Waals surface area contributed by atoms with Gasteiger partial charge in [-0.15, -0.1) is 11.3 Å². The van der Waals surface area contributed by atoms with Crippen molar-refractivity contribution in [2.45, 2.75) is 19.8 Å². The summed E-state index contributed by atoms with van der Waals surface area (Å²) in [6, 6.07) is 4.26. The van der Waals surface area contributed by atoms with Crippen LogP contribution in [-0.4, -0.2) is 35.2 Å². The van der Waals surface area contributed by atoms with E-state index in [0.717, 1.165) is 23.7 Å². The Labute approximate surface area is 132 Å². The molecule has 114 valence electrons. The molecule has 0 saturated carbocycles. The molecular weight excluding hydrogens is 310 g/mol. The molecular formula is C13H18ClN5OS. The van der Waals surface area contributed by atoms with Crippen LogP contribution in [0.25, 0.3) is 0 Å². The van der Waals surface area contributed by atoms with Gasteiger partial charge < -0.3 is 15.4 Å². The first-order valence-electron chi connectivity index (χ1n) is 6.76. The summed E-state index contributed by atoms with van der Waals surface area (Å²) in [5.41, 5.74) is 0. The quantitative estimate of drug-likeness (QED) is 0.776. The average Bonchev–Trinajstić information content (AvgIpc) is 2.90. The monoisotopic (exact) mass is 327 g/mol. The number of ether oxygens (including phenoxy) is 1. The summed E-state index contributed by atoms with van der Waals surface area (Å²) in [7, 11) is 1.76. The van der Waals surface area contributed by atoms with Gasteiger partial charge in [0.25, 0.3) is 0 Å². The van der Waals surface area contributed by atoms with E-state index in [2.05, 4.69) is 25.6 Å². The number of aromatic nitrogens is 3. The fraction of sp³-hybridized carbons (Fsp3) is 0.462. The SMILES string of the molecule is CCCOc1nc(NC)nc(NCCc2ccc(Cl)s2)n1. The predicted octanol–water partition coefficient (Wildman–Crippen LogP) is 3.07. The van der Waals surface area contributed by atoms with Gasteiger partial charge in [-0.1, -0.05) is 18.5 Å². The number of nitrogens with one attached hydrogen (secondary N) is 2. The highest BCUT2D eigenvalue weighted by Gasteiger charge is 2.06. The van der Waals surface area contributed by atoms with Crippen molar-refractivity contribution in [1.82, 2.24) is 15.0 Å². The van der Waals surface area contributed by atoms with Crippen LogP contribution in [0, 0.1) is 0 Å². The van der Waals surface area contributed by atoms with Gasteiger partial charge in [0.15, 0.2) is 0 Å². The molecule has 0 aliphatic rings. The van der Waals surface area contributed by atoms with Crippen molar-refractivity contribution in [2.24, 2.45) is 0 Å². The smallest absolute Gasteiger partial charge is 0.323 e. The lowest BCUT2D eigenvalue weighted by atomic mass is 10.3. The van der Waals surface area contributed by atoms with E-state index in [1.165, 1.54) is 4.88 Å². The molecule has 2 heterocycles. The van der Waals surface area contributed by atoms with Gasteiger partial charge in [-0.05, 0) is 25.0 Å². The van der Waals surface area contributed by atoms with Gasteiger partial charge in [0.2, 0.25) is 11.9 Å². The molecule has 0 aromatic carbocycles. The zero-order chi connectivity index (χ0) is 15.1. The normalized spacial score (nSPS) is 10.4. The first-order valence-corrected chi connectivity index (χ1v) is 7.95. The van der Waals surface area contributed by atoms with Crippen LogP contribution >= 0.6 is 22.9 Å². The number of hydrogen-bond donors (Lipinski definition) is 2. The van der Waals surface area contributed by atoms with Crippen LogP contribution in [0.3, 0.4) is 0 Å². The Bertz CT molecular complexity index is 577. The standard InChI is InChI=1S/C13H18ClN5OS/c1-3-8-20-13-18-11(15-2)17-12(19-13)16-7-6-9-4-5-10(14)21-9/h4-5H,3,6-8H2,1-2H3,(H2,15,16,17,18,19). The highest BCUT2D eigenvalue weighted by Crippen LogP contribution is 2.21. The van der Waals surface area contributed by atoms with Crippen LogP contribution in [-0.2, 0) is 6.42 Å². The molecule has 2 N–H and O–H groups in total. The van der Waals surface area contributed by atoms with E-state index in [4.69, 9.17) is 16.3 Å². The van der Waals surface area contributed by atoms with Gasteiger partial charge in [-0.25, -0.2) is 0 Å². The van der Waals surface area contributed by atoms with Gasteiger partial charge in [0.05, 0.1) is 10.9 Å². The molecule has 21 heavy (non-hydrogen) atoms. The van der Waals surface area contributed by atoms with E-state index in [1.807, 2.05) is 19.1 Å². The fourth-order valence-corrected chi connectivity index (χ4v) is 2.68. The van der Waals surface area contributed by atoms with E-state index in [-0.39, 0.29) is 0 Å². The number of nitrogens with zero attached hydrogens (tertiary/aromatic N) is 3. The molecule has 0 aliphatic heterocycles. The average molecular weight is 328 g/mol. The molecule has 0 fully saturated rings. The predicted molar refractivity (Wildman–Crippen MR) is 86.7 cm³/mol. The maximum absolute atomic E-state index is 5.91. The molecule has 0 unspecified atom stereocenters. The Kier molecular flexibility index (Phi) is 6.01. The Morgan fingerprint density at radius 2 is 2.05 bits per heavy atom. The second kappa shape index (κ2) is 7.99. The van der Waals surface area contributed by atoms with Crippen LogP contribution in [0.1, 0.15) is 18.2 Å². The van der Waals surface area contributed by atoms with Gasteiger partial charge in [0.1, 0.15) is 0 Å². The number of halogens is 1. The minimum atomic E-state index is 0.331. The highest BCUT2D eigenvalue weighted by molar-refractivity contribution is 7.16. The summed E-state index contributed by atoms with van der Waals surface area (Å²) in [4.78, 5) is 13.9. The third kappa shape index (κ3) is 5.02. The van der Waals surface area contributed by atoms with Crippen LogP contribution in [0.5, 0.6) is 6.01 Å². The fourth-order valence-electron chi connectivity index (χ4n) is 1.59. The van der Waals surface area contributed by atoms with Crippen molar-refractivity contribution in [1.29, 1.82) is 0 Å². The molecule has 6 nitrogen and oxygen atoms in total. The van der Waals surface area contributed by atoms with Crippen molar-refractivity contribution in [3.8, 4) is 6.01 Å². The molecule has 0 atom stereocenters. The molecule has 0 saturated heterocycles. The van der Waals surface area contributed by atoms with Gasteiger partial charge >= 0.3 is 6.01 Å². The summed E-state index contributed by atoms with van der Waals surface area (Å²) in [6.07, 6.45) is 1.77. The van der Waals surface area contributed by atoms with E-state index in [1.54, 1.807) is 18.4 Å². The Balaban J connectivity index is 1.94. The van der Waals surface area contributed by atoms with E-state index >= 15 is 0 Å². The van der Waals surface area contributed by atoms with Gasteiger partial charge in [-0.3, -0.25) is 0 Å². The molecule has 0 radical (unpaired) electrons. The summed E-state index contributed by atoms with van der Waals surface area (Å²) in [5.74, 6) is 0.987. The molecule has 0 spiro atoms. The second-order valence-corrected chi connectivity index (χ2v) is 6.05. The summed E-state index contributed by atoms with van der Waals surface area (Å²) >= 11 is 7.49. The molecule has 8 heteroatoms. The molecule has 0 aliphatic carbocycles.